The van der Waals surface area contributed by atoms with E-state index >= 15 is 0 Å². The number of anilines is 2. The van der Waals surface area contributed by atoms with Crippen LogP contribution in [0.2, 0.25) is 0 Å². The molecule has 0 bridgehead atoms. The van der Waals surface area contributed by atoms with Gasteiger partial charge in [-0.2, -0.15) is 0 Å². The van der Waals surface area contributed by atoms with Crippen LogP contribution in [0.15, 0.2) is 60.2 Å². The van der Waals surface area contributed by atoms with Crippen LogP contribution in [-0.2, 0) is 4.79 Å². The Hall–Kier alpha value is -3.92. The molecule has 1 fully saturated rings. The van der Waals surface area contributed by atoms with Gasteiger partial charge in [-0.05, 0) is 41.3 Å². The molecule has 34 heavy (non-hydrogen) atoms. The first kappa shape index (κ1) is 23.2. The van der Waals surface area contributed by atoms with E-state index in [0.717, 1.165) is 10.6 Å². The summed E-state index contributed by atoms with van der Waals surface area (Å²) in [7, 11) is 0. The van der Waals surface area contributed by atoms with Gasteiger partial charge in [-0.1, -0.05) is 12.1 Å². The summed E-state index contributed by atoms with van der Waals surface area (Å²) in [5.41, 5.74) is 8.47. The second-order valence-corrected chi connectivity index (χ2v) is 8.89. The van der Waals surface area contributed by atoms with Gasteiger partial charge in [0.25, 0.3) is 11.8 Å². The van der Waals surface area contributed by atoms with Crippen LogP contribution in [-0.4, -0.2) is 59.0 Å². The third-order valence-electron chi connectivity index (χ3n) is 5.70. The van der Waals surface area contributed by atoms with Crippen molar-refractivity contribution in [3.05, 3.63) is 76.2 Å². The SMILES string of the molecule is Nc1cc(C(=O)NC(CC(=O)O)c2cccnc2)ccc1N1CCN(C(=O)c2cccs2)CC1. The van der Waals surface area contributed by atoms with E-state index in [1.165, 1.54) is 17.5 Å². The van der Waals surface area contributed by atoms with E-state index in [1.54, 1.807) is 36.5 Å². The Kier molecular flexibility index (Phi) is 7.07. The van der Waals surface area contributed by atoms with E-state index in [1.807, 2.05) is 22.4 Å². The number of nitrogens with zero attached hydrogens (tertiary/aromatic N) is 3. The number of carbonyl (C=O) groups is 3. The summed E-state index contributed by atoms with van der Waals surface area (Å²) in [6.07, 6.45) is 2.86. The van der Waals surface area contributed by atoms with Gasteiger partial charge >= 0.3 is 5.97 Å². The van der Waals surface area contributed by atoms with Crippen molar-refractivity contribution in [2.24, 2.45) is 0 Å². The van der Waals surface area contributed by atoms with E-state index in [9.17, 15) is 19.5 Å². The van der Waals surface area contributed by atoms with Crippen LogP contribution in [0.5, 0.6) is 0 Å². The second kappa shape index (κ2) is 10.3. The lowest BCUT2D eigenvalue weighted by molar-refractivity contribution is -0.137. The zero-order valence-electron chi connectivity index (χ0n) is 18.4. The molecule has 0 radical (unpaired) electrons. The van der Waals surface area contributed by atoms with Gasteiger partial charge in [0.2, 0.25) is 0 Å². The molecule has 3 aromatic rings. The Labute approximate surface area is 200 Å². The van der Waals surface area contributed by atoms with Crippen LogP contribution in [0.3, 0.4) is 0 Å². The van der Waals surface area contributed by atoms with Gasteiger partial charge < -0.3 is 26.0 Å². The molecule has 2 amide bonds. The monoisotopic (exact) mass is 479 g/mol. The Morgan fingerprint density at radius 2 is 1.91 bits per heavy atom. The van der Waals surface area contributed by atoms with E-state index in [0.29, 0.717) is 43.0 Å². The predicted octanol–water partition coefficient (Wildman–Crippen LogP) is 2.63. The molecular weight excluding hydrogens is 454 g/mol. The van der Waals surface area contributed by atoms with Crippen molar-refractivity contribution < 1.29 is 19.5 Å². The minimum absolute atomic E-state index is 0.0409. The number of piperazine rings is 1. The number of aromatic nitrogens is 1. The Balaban J connectivity index is 1.41. The molecule has 4 rings (SSSR count). The molecule has 0 aliphatic carbocycles. The number of pyridine rings is 1. The smallest absolute Gasteiger partial charge is 0.305 e. The average Bonchev–Trinajstić information content (AvgIpc) is 3.38. The topological polar surface area (TPSA) is 129 Å². The molecule has 1 aliphatic rings. The first-order valence-electron chi connectivity index (χ1n) is 10.8. The Bertz CT molecular complexity index is 1160. The molecule has 1 aliphatic heterocycles. The fraction of sp³-hybridized carbons (Fsp3) is 0.250. The summed E-state index contributed by atoms with van der Waals surface area (Å²) < 4.78 is 0. The summed E-state index contributed by atoms with van der Waals surface area (Å²) in [5.74, 6) is -1.40. The number of benzene rings is 1. The van der Waals surface area contributed by atoms with Gasteiger partial charge in [-0.15, -0.1) is 11.3 Å². The number of thiophene rings is 1. The molecule has 10 heteroatoms. The standard InChI is InChI=1S/C24H25N5O4S/c25-18-13-16(23(32)27-19(14-22(30)31)17-3-1-7-26-15-17)5-6-20(18)28-8-10-29(11-9-28)24(33)21-4-2-12-34-21/h1-7,12-13,15,19H,8-11,14,25H2,(H,27,32)(H,30,31). The molecule has 1 unspecified atom stereocenters. The lowest BCUT2D eigenvalue weighted by atomic mass is 10.0. The number of hydrogen-bond donors (Lipinski definition) is 3. The number of hydrogen-bond acceptors (Lipinski definition) is 7. The average molecular weight is 480 g/mol. The number of rotatable bonds is 7. The quantitative estimate of drug-likeness (QED) is 0.444. The van der Waals surface area contributed by atoms with Gasteiger partial charge in [0.1, 0.15) is 0 Å². The normalized spacial score (nSPS) is 14.5. The first-order chi connectivity index (χ1) is 16.4. The zero-order valence-corrected chi connectivity index (χ0v) is 19.2. The number of nitrogens with one attached hydrogen (secondary N) is 1. The first-order valence-corrected chi connectivity index (χ1v) is 11.7. The van der Waals surface area contributed by atoms with Crippen LogP contribution in [0.1, 0.15) is 38.1 Å². The molecule has 4 N–H and O–H groups in total. The number of carboxylic acid groups (broad SMARTS) is 1. The third kappa shape index (κ3) is 5.34. The van der Waals surface area contributed by atoms with Crippen LogP contribution in [0.25, 0.3) is 0 Å². The molecule has 1 aromatic carbocycles. The third-order valence-corrected chi connectivity index (χ3v) is 6.56. The number of aliphatic carboxylic acids is 1. The fourth-order valence-corrected chi connectivity index (χ4v) is 4.63. The molecule has 2 aromatic heterocycles. The molecule has 0 spiro atoms. The lowest BCUT2D eigenvalue weighted by Crippen LogP contribution is -2.48. The highest BCUT2D eigenvalue weighted by Crippen LogP contribution is 2.27. The number of carbonyl (C=O) groups excluding carboxylic acids is 2. The number of nitrogen functional groups attached to an aromatic ring is 1. The molecular formula is C24H25N5O4S. The van der Waals surface area contributed by atoms with E-state index in [4.69, 9.17) is 5.73 Å². The minimum atomic E-state index is -1.03. The summed E-state index contributed by atoms with van der Waals surface area (Å²) in [6, 6.07) is 11.5. The second-order valence-electron chi connectivity index (χ2n) is 7.94. The maximum absolute atomic E-state index is 12.8. The molecule has 1 atom stereocenters. The predicted molar refractivity (Wildman–Crippen MR) is 130 cm³/mol. The zero-order chi connectivity index (χ0) is 24.1. The maximum Gasteiger partial charge on any atom is 0.305 e. The highest BCUT2D eigenvalue weighted by atomic mass is 32.1. The lowest BCUT2D eigenvalue weighted by Gasteiger charge is -2.36. The van der Waals surface area contributed by atoms with Crippen molar-refractivity contribution in [2.45, 2.75) is 12.5 Å². The minimum Gasteiger partial charge on any atom is -0.481 e. The highest BCUT2D eigenvalue weighted by Gasteiger charge is 2.24. The van der Waals surface area contributed by atoms with Crippen molar-refractivity contribution in [3.63, 3.8) is 0 Å². The summed E-state index contributed by atoms with van der Waals surface area (Å²) in [6.45, 7) is 2.43. The van der Waals surface area contributed by atoms with E-state index in [2.05, 4.69) is 15.2 Å². The van der Waals surface area contributed by atoms with Crippen LogP contribution >= 0.6 is 11.3 Å². The van der Waals surface area contributed by atoms with Crippen LogP contribution in [0, 0.1) is 0 Å². The fourth-order valence-electron chi connectivity index (χ4n) is 3.94. The van der Waals surface area contributed by atoms with Crippen LogP contribution < -0.4 is 16.0 Å². The molecule has 176 valence electrons. The maximum atomic E-state index is 12.8. The van der Waals surface area contributed by atoms with Gasteiger partial charge in [-0.3, -0.25) is 19.4 Å². The summed E-state index contributed by atoms with van der Waals surface area (Å²) in [5, 5.41) is 13.9. The van der Waals surface area contributed by atoms with E-state index in [-0.39, 0.29) is 12.3 Å². The van der Waals surface area contributed by atoms with Gasteiger partial charge in [0.15, 0.2) is 0 Å². The number of nitrogens with two attached hydrogens (primary N) is 1. The van der Waals surface area contributed by atoms with Gasteiger partial charge in [0, 0.05) is 44.1 Å². The van der Waals surface area contributed by atoms with Crippen molar-refractivity contribution >= 4 is 40.5 Å². The number of carboxylic acids is 1. The van der Waals surface area contributed by atoms with E-state index < -0.39 is 17.9 Å². The van der Waals surface area contributed by atoms with Crippen molar-refractivity contribution in [2.75, 3.05) is 36.8 Å². The summed E-state index contributed by atoms with van der Waals surface area (Å²) >= 11 is 1.44. The van der Waals surface area contributed by atoms with Crippen molar-refractivity contribution in [1.29, 1.82) is 0 Å². The van der Waals surface area contributed by atoms with Crippen molar-refractivity contribution in [1.82, 2.24) is 15.2 Å². The van der Waals surface area contributed by atoms with Gasteiger partial charge in [0.05, 0.1) is 28.7 Å². The highest BCUT2D eigenvalue weighted by molar-refractivity contribution is 7.12. The van der Waals surface area contributed by atoms with Gasteiger partial charge in [-0.25, -0.2) is 0 Å². The molecule has 9 nitrogen and oxygen atoms in total. The Morgan fingerprint density at radius 3 is 2.53 bits per heavy atom. The van der Waals surface area contributed by atoms with Crippen molar-refractivity contribution in [3.8, 4) is 0 Å². The molecule has 3 heterocycles. The largest absolute Gasteiger partial charge is 0.481 e. The number of amides is 2. The summed E-state index contributed by atoms with van der Waals surface area (Å²) in [4.78, 5) is 45.4. The molecule has 1 saturated heterocycles. The van der Waals surface area contributed by atoms with Crippen LogP contribution in [0.4, 0.5) is 11.4 Å². The molecule has 0 saturated carbocycles. The Morgan fingerprint density at radius 1 is 1.12 bits per heavy atom.